The fourth-order valence-corrected chi connectivity index (χ4v) is 1.46. The van der Waals surface area contributed by atoms with Crippen molar-refractivity contribution in [3.8, 4) is 0 Å². The molecule has 0 spiro atoms. The molecule has 1 N–H and O–H groups in total. The number of rotatable bonds is 1. The van der Waals surface area contributed by atoms with E-state index >= 15 is 0 Å². The maximum absolute atomic E-state index is 5.00. The van der Waals surface area contributed by atoms with Crippen LogP contribution in [-0.2, 0) is 0 Å². The van der Waals surface area contributed by atoms with Crippen LogP contribution in [0.15, 0.2) is 17.0 Å². The van der Waals surface area contributed by atoms with E-state index < -0.39 is 0 Å². The highest BCUT2D eigenvalue weighted by atomic mass is 32.1. The lowest BCUT2D eigenvalue weighted by molar-refractivity contribution is 0.814. The van der Waals surface area contributed by atoms with E-state index in [2.05, 4.69) is 31.5 Å². The average molecular weight is 185 g/mol. The van der Waals surface area contributed by atoms with Crippen LogP contribution in [0.3, 0.4) is 0 Å². The number of aromatic amines is 1. The summed E-state index contributed by atoms with van der Waals surface area (Å²) in [6.45, 7) is 4.24. The zero-order chi connectivity index (χ0) is 8.43. The van der Waals surface area contributed by atoms with E-state index in [1.165, 1.54) is 0 Å². The Labute approximate surface area is 77.3 Å². The fraction of sp³-hybridized carbons (Fsp3) is 0.375. The predicted octanol–water partition coefficient (Wildman–Crippen LogP) is 3.16. The van der Waals surface area contributed by atoms with Gasteiger partial charge >= 0.3 is 0 Å². The van der Waals surface area contributed by atoms with Crippen LogP contribution in [0, 0.1) is 4.64 Å². The van der Waals surface area contributed by atoms with Gasteiger partial charge in [-0.1, -0.05) is 26.1 Å². The minimum absolute atomic E-state index is 0.476. The largest absolute Gasteiger partial charge is 0.350 e. The summed E-state index contributed by atoms with van der Waals surface area (Å²) >= 11 is 9.23. The summed E-state index contributed by atoms with van der Waals surface area (Å²) in [5.41, 5.74) is 1.14. The first-order valence-electron chi connectivity index (χ1n) is 3.53. The van der Waals surface area contributed by atoms with Gasteiger partial charge in [0.2, 0.25) is 0 Å². The SMILES string of the molecule is CC(C)c1cc(S)cc(=S)[nH]1. The lowest BCUT2D eigenvalue weighted by Gasteiger charge is -2.05. The number of hydrogen-bond donors (Lipinski definition) is 2. The summed E-state index contributed by atoms with van der Waals surface area (Å²) in [5, 5.41) is 0. The van der Waals surface area contributed by atoms with E-state index in [1.54, 1.807) is 0 Å². The molecule has 1 aromatic rings. The molecule has 0 aliphatic rings. The van der Waals surface area contributed by atoms with Crippen LogP contribution in [0.1, 0.15) is 25.5 Å². The van der Waals surface area contributed by atoms with Gasteiger partial charge in [-0.15, -0.1) is 12.6 Å². The van der Waals surface area contributed by atoms with Crippen molar-refractivity contribution in [2.45, 2.75) is 24.7 Å². The normalized spacial score (nSPS) is 10.5. The van der Waals surface area contributed by atoms with Crippen LogP contribution in [0.25, 0.3) is 0 Å². The summed E-state index contributed by atoms with van der Waals surface area (Å²) < 4.78 is 0.751. The molecule has 1 rings (SSSR count). The van der Waals surface area contributed by atoms with Gasteiger partial charge in [0.1, 0.15) is 4.64 Å². The van der Waals surface area contributed by atoms with Gasteiger partial charge in [0.25, 0.3) is 0 Å². The van der Waals surface area contributed by atoms with Crippen LogP contribution in [-0.4, -0.2) is 4.98 Å². The molecule has 0 unspecified atom stereocenters. The van der Waals surface area contributed by atoms with Crippen LogP contribution >= 0.6 is 24.8 Å². The summed E-state index contributed by atoms with van der Waals surface area (Å²) in [6.07, 6.45) is 0. The van der Waals surface area contributed by atoms with E-state index in [1.807, 2.05) is 12.1 Å². The predicted molar refractivity (Wildman–Crippen MR) is 53.0 cm³/mol. The van der Waals surface area contributed by atoms with Gasteiger partial charge in [-0.25, -0.2) is 0 Å². The van der Waals surface area contributed by atoms with Crippen molar-refractivity contribution in [3.05, 3.63) is 22.5 Å². The van der Waals surface area contributed by atoms with Crippen molar-refractivity contribution >= 4 is 24.8 Å². The maximum atomic E-state index is 5.00. The van der Waals surface area contributed by atoms with Gasteiger partial charge in [-0.2, -0.15) is 0 Å². The molecule has 0 radical (unpaired) electrons. The standard InChI is InChI=1S/C8H11NS2/c1-5(2)7-3-6(10)4-8(11)9-7/h3-5H,1-2H3,(H2,9,10,11). The van der Waals surface area contributed by atoms with E-state index in [0.717, 1.165) is 15.2 Å². The van der Waals surface area contributed by atoms with E-state index in [-0.39, 0.29) is 0 Å². The molecule has 11 heavy (non-hydrogen) atoms. The summed E-state index contributed by atoms with van der Waals surface area (Å²) in [6, 6.07) is 3.84. The minimum atomic E-state index is 0.476. The first-order chi connectivity index (χ1) is 5.09. The van der Waals surface area contributed by atoms with Gasteiger partial charge in [-0.05, 0) is 18.1 Å². The number of pyridine rings is 1. The van der Waals surface area contributed by atoms with Crippen molar-refractivity contribution in [2.24, 2.45) is 0 Å². The highest BCUT2D eigenvalue weighted by Gasteiger charge is 1.98. The van der Waals surface area contributed by atoms with Crippen molar-refractivity contribution in [2.75, 3.05) is 0 Å². The molecule has 0 atom stereocenters. The molecule has 0 aromatic carbocycles. The molecule has 1 nitrogen and oxygen atoms in total. The molecule has 0 bridgehead atoms. The number of hydrogen-bond acceptors (Lipinski definition) is 2. The van der Waals surface area contributed by atoms with Gasteiger partial charge in [0, 0.05) is 10.6 Å². The summed E-state index contributed by atoms with van der Waals surface area (Å²) in [4.78, 5) is 4.04. The molecule has 1 aromatic heterocycles. The fourth-order valence-electron chi connectivity index (χ4n) is 0.861. The first-order valence-corrected chi connectivity index (χ1v) is 4.38. The molecule has 0 saturated heterocycles. The second-order valence-corrected chi connectivity index (χ2v) is 3.77. The smallest absolute Gasteiger partial charge is 0.104 e. The Morgan fingerprint density at radius 1 is 1.45 bits per heavy atom. The zero-order valence-corrected chi connectivity index (χ0v) is 8.30. The summed E-state index contributed by atoms with van der Waals surface area (Å²) in [5.74, 6) is 0.476. The Bertz CT molecular complexity index is 301. The Morgan fingerprint density at radius 2 is 2.09 bits per heavy atom. The van der Waals surface area contributed by atoms with E-state index in [9.17, 15) is 0 Å². The van der Waals surface area contributed by atoms with Crippen molar-refractivity contribution in [1.29, 1.82) is 0 Å². The van der Waals surface area contributed by atoms with Crippen LogP contribution < -0.4 is 0 Å². The molecule has 0 aliphatic heterocycles. The van der Waals surface area contributed by atoms with E-state index in [0.29, 0.717) is 5.92 Å². The second-order valence-electron chi connectivity index (χ2n) is 2.81. The monoisotopic (exact) mass is 185 g/mol. The first kappa shape index (κ1) is 8.81. The van der Waals surface area contributed by atoms with Crippen molar-refractivity contribution in [1.82, 2.24) is 4.98 Å². The topological polar surface area (TPSA) is 15.8 Å². The lowest BCUT2D eigenvalue weighted by Crippen LogP contribution is -1.91. The molecule has 0 aliphatic carbocycles. The molecule has 0 fully saturated rings. The van der Waals surface area contributed by atoms with Crippen molar-refractivity contribution < 1.29 is 0 Å². The Hall–Kier alpha value is -0.280. The number of aromatic nitrogens is 1. The quantitative estimate of drug-likeness (QED) is 0.507. The maximum Gasteiger partial charge on any atom is 0.104 e. The molecule has 0 saturated carbocycles. The summed E-state index contributed by atoms with van der Waals surface area (Å²) in [7, 11) is 0. The van der Waals surface area contributed by atoms with Gasteiger partial charge in [-0.3, -0.25) is 0 Å². The Balaban J connectivity index is 3.19. The number of nitrogens with one attached hydrogen (secondary N) is 1. The third-order valence-corrected chi connectivity index (χ3v) is 1.95. The van der Waals surface area contributed by atoms with Crippen molar-refractivity contribution in [3.63, 3.8) is 0 Å². The lowest BCUT2D eigenvalue weighted by atomic mass is 10.1. The van der Waals surface area contributed by atoms with Crippen LogP contribution in [0.5, 0.6) is 0 Å². The number of thiol groups is 1. The molecule has 1 heterocycles. The van der Waals surface area contributed by atoms with Gasteiger partial charge in [0.05, 0.1) is 0 Å². The molecule has 0 amide bonds. The highest BCUT2D eigenvalue weighted by molar-refractivity contribution is 7.80. The van der Waals surface area contributed by atoms with Crippen LogP contribution in [0.4, 0.5) is 0 Å². The Kier molecular flexibility index (Phi) is 2.73. The second kappa shape index (κ2) is 3.41. The molecular formula is C8H11NS2. The van der Waals surface area contributed by atoms with Crippen LogP contribution in [0.2, 0.25) is 0 Å². The molecular weight excluding hydrogens is 174 g/mol. The number of H-pyrrole nitrogens is 1. The highest BCUT2D eigenvalue weighted by Crippen LogP contribution is 2.15. The average Bonchev–Trinajstić information content (AvgIpc) is 1.85. The minimum Gasteiger partial charge on any atom is -0.350 e. The van der Waals surface area contributed by atoms with Gasteiger partial charge in [0.15, 0.2) is 0 Å². The third-order valence-electron chi connectivity index (χ3n) is 1.47. The van der Waals surface area contributed by atoms with E-state index in [4.69, 9.17) is 12.2 Å². The zero-order valence-electron chi connectivity index (χ0n) is 6.59. The molecule has 60 valence electrons. The third kappa shape index (κ3) is 2.34. The van der Waals surface area contributed by atoms with Gasteiger partial charge < -0.3 is 4.98 Å². The Morgan fingerprint density at radius 3 is 2.55 bits per heavy atom. The molecule has 3 heteroatoms.